The molecule has 0 radical (unpaired) electrons. The van der Waals surface area contributed by atoms with Crippen molar-refractivity contribution in [2.45, 2.75) is 51.0 Å². The van der Waals surface area contributed by atoms with Crippen LogP contribution in [0.5, 0.6) is 0 Å². The van der Waals surface area contributed by atoms with Crippen LogP contribution >= 0.6 is 12.4 Å². The van der Waals surface area contributed by atoms with Crippen LogP contribution in [0, 0.1) is 0 Å². The number of pyridine rings is 1. The number of halogens is 1. The summed E-state index contributed by atoms with van der Waals surface area (Å²) in [5, 5.41) is 8.58. The number of aromatic nitrogens is 3. The van der Waals surface area contributed by atoms with E-state index in [2.05, 4.69) is 17.1 Å². The third-order valence-corrected chi connectivity index (χ3v) is 4.67. The van der Waals surface area contributed by atoms with Crippen LogP contribution in [0.25, 0.3) is 5.65 Å². The summed E-state index contributed by atoms with van der Waals surface area (Å²) in [6, 6.07) is 5.87. The number of hydrogen-bond donors (Lipinski definition) is 1. The van der Waals surface area contributed by atoms with E-state index in [0.29, 0.717) is 13.0 Å². The molecule has 0 saturated carbocycles. The Kier molecular flexibility index (Phi) is 5.83. The second kappa shape index (κ2) is 7.49. The van der Waals surface area contributed by atoms with Gasteiger partial charge in [0.05, 0.1) is 5.54 Å². The van der Waals surface area contributed by atoms with Crippen molar-refractivity contribution in [2.75, 3.05) is 13.1 Å². The zero-order valence-electron chi connectivity index (χ0n) is 14.3. The molecule has 1 aliphatic heterocycles. The monoisotopic (exact) mass is 351 g/mol. The van der Waals surface area contributed by atoms with Gasteiger partial charge in [0.15, 0.2) is 5.65 Å². The van der Waals surface area contributed by atoms with Gasteiger partial charge in [-0.2, -0.15) is 0 Å². The third kappa shape index (κ3) is 3.54. The molecule has 2 N–H and O–H groups in total. The first-order valence-electron chi connectivity index (χ1n) is 8.41. The van der Waals surface area contributed by atoms with Gasteiger partial charge < -0.3 is 10.6 Å². The van der Waals surface area contributed by atoms with Crippen molar-refractivity contribution >= 4 is 24.0 Å². The van der Waals surface area contributed by atoms with E-state index in [9.17, 15) is 4.79 Å². The van der Waals surface area contributed by atoms with Crippen LogP contribution in [0.2, 0.25) is 0 Å². The molecule has 0 spiro atoms. The van der Waals surface area contributed by atoms with Gasteiger partial charge in [0, 0.05) is 25.2 Å². The number of fused-ring (bicyclic) bond motifs is 1. The van der Waals surface area contributed by atoms with Gasteiger partial charge in [-0.15, -0.1) is 22.6 Å². The Morgan fingerprint density at radius 3 is 2.96 bits per heavy atom. The van der Waals surface area contributed by atoms with Crippen molar-refractivity contribution in [1.82, 2.24) is 19.5 Å². The van der Waals surface area contributed by atoms with E-state index in [0.717, 1.165) is 37.3 Å². The van der Waals surface area contributed by atoms with Crippen molar-refractivity contribution in [1.29, 1.82) is 0 Å². The van der Waals surface area contributed by atoms with Crippen molar-refractivity contribution in [3.8, 4) is 0 Å². The van der Waals surface area contributed by atoms with E-state index < -0.39 is 5.54 Å². The fraction of sp³-hybridized carbons (Fsp3) is 0.588. The quantitative estimate of drug-likeness (QED) is 0.917. The first-order valence-corrected chi connectivity index (χ1v) is 8.41. The number of hydrogen-bond acceptors (Lipinski definition) is 4. The van der Waals surface area contributed by atoms with Crippen molar-refractivity contribution in [3.05, 3.63) is 30.2 Å². The number of amides is 1. The Morgan fingerprint density at radius 1 is 1.42 bits per heavy atom. The van der Waals surface area contributed by atoms with Crippen LogP contribution in [0.3, 0.4) is 0 Å². The Hall–Kier alpha value is -1.66. The lowest BCUT2D eigenvalue weighted by atomic mass is 9.92. The van der Waals surface area contributed by atoms with Gasteiger partial charge in [0.25, 0.3) is 0 Å². The molecular formula is C17H26ClN5O. The maximum atomic E-state index is 12.7. The summed E-state index contributed by atoms with van der Waals surface area (Å²) in [6.07, 6.45) is 5.59. The summed E-state index contributed by atoms with van der Waals surface area (Å²) in [7, 11) is 0. The first kappa shape index (κ1) is 18.7. The van der Waals surface area contributed by atoms with Crippen molar-refractivity contribution in [3.63, 3.8) is 0 Å². The molecule has 1 amide bonds. The summed E-state index contributed by atoms with van der Waals surface area (Å²) in [4.78, 5) is 14.7. The lowest BCUT2D eigenvalue weighted by molar-refractivity contribution is -0.138. The molecule has 1 aliphatic rings. The van der Waals surface area contributed by atoms with E-state index in [1.165, 1.54) is 0 Å². The van der Waals surface area contributed by atoms with E-state index >= 15 is 0 Å². The lowest BCUT2D eigenvalue weighted by Gasteiger charge is -2.37. The lowest BCUT2D eigenvalue weighted by Crippen LogP contribution is -2.55. The second-order valence-electron chi connectivity index (χ2n) is 6.74. The molecule has 0 bridgehead atoms. The minimum Gasteiger partial charge on any atom is -0.340 e. The van der Waals surface area contributed by atoms with Crippen LogP contribution in [-0.2, 0) is 4.79 Å². The molecule has 2 aromatic rings. The standard InChI is InChI=1S/C17H25N5O.ClH/c1-3-9-17(2,18)16(23)21-10-6-7-13(12-21)15-20-19-14-8-4-5-11-22(14)15;/h4-5,8,11,13H,3,6-7,9-10,12,18H2,1-2H3;1H. The van der Waals surface area contributed by atoms with Crippen LogP contribution in [0.4, 0.5) is 0 Å². The molecule has 3 heterocycles. The fourth-order valence-corrected chi connectivity index (χ4v) is 3.50. The van der Waals surface area contributed by atoms with Crippen LogP contribution in [0.15, 0.2) is 24.4 Å². The maximum absolute atomic E-state index is 12.7. The van der Waals surface area contributed by atoms with E-state index in [-0.39, 0.29) is 24.2 Å². The molecule has 0 aliphatic carbocycles. The molecule has 24 heavy (non-hydrogen) atoms. The highest BCUT2D eigenvalue weighted by atomic mass is 35.5. The highest BCUT2D eigenvalue weighted by molar-refractivity contribution is 5.86. The number of rotatable bonds is 4. The van der Waals surface area contributed by atoms with Gasteiger partial charge in [-0.1, -0.05) is 19.4 Å². The number of carbonyl (C=O) groups excluding carboxylic acids is 1. The number of nitrogens with two attached hydrogens (primary N) is 1. The Bertz CT molecular complexity index is 699. The SMILES string of the molecule is CCCC(C)(N)C(=O)N1CCCC(c2nnc3ccccn23)C1.Cl. The van der Waals surface area contributed by atoms with Crippen molar-refractivity contribution in [2.24, 2.45) is 5.73 Å². The molecule has 2 unspecified atom stereocenters. The third-order valence-electron chi connectivity index (χ3n) is 4.67. The van der Waals surface area contributed by atoms with Gasteiger partial charge in [-0.3, -0.25) is 9.20 Å². The van der Waals surface area contributed by atoms with E-state index in [4.69, 9.17) is 5.73 Å². The van der Waals surface area contributed by atoms with Crippen molar-refractivity contribution < 1.29 is 4.79 Å². The molecule has 2 aromatic heterocycles. The van der Waals surface area contributed by atoms with E-state index in [1.807, 2.05) is 40.6 Å². The average Bonchev–Trinajstić information content (AvgIpc) is 2.98. The van der Waals surface area contributed by atoms with E-state index in [1.54, 1.807) is 0 Å². The van der Waals surface area contributed by atoms with Crippen LogP contribution < -0.4 is 5.73 Å². The minimum absolute atomic E-state index is 0. The first-order chi connectivity index (χ1) is 11.0. The minimum atomic E-state index is -0.774. The average molecular weight is 352 g/mol. The molecule has 3 rings (SSSR count). The zero-order valence-corrected chi connectivity index (χ0v) is 15.1. The molecular weight excluding hydrogens is 326 g/mol. The molecule has 0 aromatic carbocycles. The zero-order chi connectivity index (χ0) is 16.4. The predicted molar refractivity (Wildman–Crippen MR) is 96.3 cm³/mol. The highest BCUT2D eigenvalue weighted by Gasteiger charge is 2.35. The summed E-state index contributed by atoms with van der Waals surface area (Å²) < 4.78 is 2.02. The van der Waals surface area contributed by atoms with Gasteiger partial charge in [-0.25, -0.2) is 0 Å². The van der Waals surface area contributed by atoms with Gasteiger partial charge in [-0.05, 0) is 38.3 Å². The number of likely N-dealkylation sites (tertiary alicyclic amines) is 1. The predicted octanol–water partition coefficient (Wildman–Crippen LogP) is 2.37. The van der Waals surface area contributed by atoms with Crippen LogP contribution in [0.1, 0.15) is 51.3 Å². The summed E-state index contributed by atoms with van der Waals surface area (Å²) in [5.74, 6) is 1.20. The maximum Gasteiger partial charge on any atom is 0.242 e. The Balaban J connectivity index is 0.00000208. The number of carbonyl (C=O) groups is 1. The Morgan fingerprint density at radius 2 is 2.21 bits per heavy atom. The molecule has 1 saturated heterocycles. The number of piperidine rings is 1. The molecule has 1 fully saturated rings. The smallest absolute Gasteiger partial charge is 0.242 e. The molecule has 7 heteroatoms. The summed E-state index contributed by atoms with van der Waals surface area (Å²) >= 11 is 0. The fourth-order valence-electron chi connectivity index (χ4n) is 3.50. The van der Waals surface area contributed by atoms with Gasteiger partial charge in [0.1, 0.15) is 5.82 Å². The summed E-state index contributed by atoms with van der Waals surface area (Å²) in [5.41, 5.74) is 6.31. The second-order valence-corrected chi connectivity index (χ2v) is 6.74. The summed E-state index contributed by atoms with van der Waals surface area (Å²) in [6.45, 7) is 5.35. The molecule has 2 atom stereocenters. The Labute approximate surface area is 148 Å². The normalized spacial score (nSPS) is 20.5. The van der Waals surface area contributed by atoms with Gasteiger partial charge in [0.2, 0.25) is 5.91 Å². The van der Waals surface area contributed by atoms with Crippen LogP contribution in [-0.4, -0.2) is 44.0 Å². The largest absolute Gasteiger partial charge is 0.340 e. The topological polar surface area (TPSA) is 76.5 Å². The molecule has 132 valence electrons. The molecule has 6 nitrogen and oxygen atoms in total. The highest BCUT2D eigenvalue weighted by Crippen LogP contribution is 2.27. The van der Waals surface area contributed by atoms with Gasteiger partial charge >= 0.3 is 0 Å². The number of nitrogens with zero attached hydrogens (tertiary/aromatic N) is 4.